The van der Waals surface area contributed by atoms with Crippen molar-refractivity contribution in [3.05, 3.63) is 114 Å². The molecule has 0 unspecified atom stereocenters. The van der Waals surface area contributed by atoms with E-state index < -0.39 is 22.5 Å². The smallest absolute Gasteiger partial charge is 0.264 e. The van der Waals surface area contributed by atoms with Gasteiger partial charge in [-0.05, 0) is 73.0 Å². The summed E-state index contributed by atoms with van der Waals surface area (Å²) in [5.41, 5.74) is 5.17. The number of hydrogen-bond donors (Lipinski definition) is 2. The molecule has 12 heteroatoms. The summed E-state index contributed by atoms with van der Waals surface area (Å²) >= 11 is 0. The van der Waals surface area contributed by atoms with Gasteiger partial charge in [0, 0.05) is 12.6 Å². The maximum absolute atomic E-state index is 13.8. The van der Waals surface area contributed by atoms with E-state index in [9.17, 15) is 18.0 Å². The maximum atomic E-state index is 13.8. The highest BCUT2D eigenvalue weighted by Gasteiger charge is 2.30. The van der Waals surface area contributed by atoms with Gasteiger partial charge >= 0.3 is 0 Å². The highest BCUT2D eigenvalue weighted by molar-refractivity contribution is 7.92. The first kappa shape index (κ1) is 33.5. The Bertz CT molecular complexity index is 1740. The van der Waals surface area contributed by atoms with Gasteiger partial charge in [0.25, 0.3) is 21.8 Å². The summed E-state index contributed by atoms with van der Waals surface area (Å²) in [6.07, 6.45) is 2.13. The number of nitrogens with zero attached hydrogens (tertiary/aromatic N) is 2. The molecule has 0 aliphatic rings. The number of rotatable bonds is 15. The number of aryl methyl sites for hydroxylation is 1. The Morgan fingerprint density at radius 2 is 1.54 bits per heavy atom. The molecule has 0 spiro atoms. The van der Waals surface area contributed by atoms with E-state index in [1.54, 1.807) is 48.5 Å². The molecule has 2 N–H and O–H groups in total. The molecule has 0 saturated heterocycles. The van der Waals surface area contributed by atoms with Crippen molar-refractivity contribution in [2.45, 2.75) is 18.2 Å². The first-order chi connectivity index (χ1) is 22.2. The number of methoxy groups -OCH3 is 2. The van der Waals surface area contributed by atoms with E-state index >= 15 is 0 Å². The Morgan fingerprint density at radius 3 is 2.22 bits per heavy atom. The molecular weight excluding hydrogens is 608 g/mol. The van der Waals surface area contributed by atoms with Crippen LogP contribution in [0.1, 0.15) is 16.7 Å². The lowest BCUT2D eigenvalue weighted by atomic mass is 10.1. The van der Waals surface area contributed by atoms with Gasteiger partial charge in [0.15, 0.2) is 6.61 Å². The van der Waals surface area contributed by atoms with E-state index in [0.717, 1.165) is 21.9 Å². The molecule has 2 amide bonds. The molecular formula is C34H36N4O7S. The predicted molar refractivity (Wildman–Crippen MR) is 176 cm³/mol. The van der Waals surface area contributed by atoms with Crippen LogP contribution < -0.4 is 29.3 Å². The number of sulfonamides is 1. The summed E-state index contributed by atoms with van der Waals surface area (Å²) < 4.78 is 44.7. The fraction of sp³-hybridized carbons (Fsp3) is 0.206. The van der Waals surface area contributed by atoms with E-state index in [4.69, 9.17) is 14.2 Å². The zero-order chi connectivity index (χ0) is 32.9. The highest BCUT2D eigenvalue weighted by Crippen LogP contribution is 2.35. The van der Waals surface area contributed by atoms with Crippen molar-refractivity contribution in [3.63, 3.8) is 0 Å². The van der Waals surface area contributed by atoms with E-state index in [0.29, 0.717) is 23.6 Å². The molecule has 11 nitrogen and oxygen atoms in total. The van der Waals surface area contributed by atoms with Gasteiger partial charge in [0.2, 0.25) is 0 Å². The van der Waals surface area contributed by atoms with Crippen molar-refractivity contribution in [1.82, 2.24) is 10.7 Å². The lowest BCUT2D eigenvalue weighted by Crippen LogP contribution is -2.39. The van der Waals surface area contributed by atoms with Crippen LogP contribution in [0.5, 0.6) is 17.2 Å². The van der Waals surface area contributed by atoms with Gasteiger partial charge in [0.05, 0.1) is 31.0 Å². The molecule has 4 aromatic carbocycles. The average molecular weight is 645 g/mol. The fourth-order valence-electron chi connectivity index (χ4n) is 4.31. The van der Waals surface area contributed by atoms with Gasteiger partial charge in [-0.25, -0.2) is 13.8 Å². The summed E-state index contributed by atoms with van der Waals surface area (Å²) in [7, 11) is -1.33. The van der Waals surface area contributed by atoms with Crippen molar-refractivity contribution in [2.75, 3.05) is 38.2 Å². The second kappa shape index (κ2) is 16.1. The number of amides is 2. The number of carbonyl (C=O) groups is 2. The summed E-state index contributed by atoms with van der Waals surface area (Å²) in [5.74, 6) is 0.196. The first-order valence-electron chi connectivity index (χ1n) is 14.4. The summed E-state index contributed by atoms with van der Waals surface area (Å²) in [6.45, 7) is 1.64. The number of benzene rings is 4. The number of anilines is 1. The van der Waals surface area contributed by atoms with Crippen LogP contribution in [-0.4, -0.2) is 60.4 Å². The monoisotopic (exact) mass is 644 g/mol. The molecule has 0 atom stereocenters. The molecule has 4 aromatic rings. The largest absolute Gasteiger partial charge is 0.497 e. The summed E-state index contributed by atoms with van der Waals surface area (Å²) in [6, 6.07) is 27.6. The molecule has 0 aliphatic heterocycles. The second-order valence-corrected chi connectivity index (χ2v) is 12.0. The van der Waals surface area contributed by atoms with Crippen LogP contribution in [0.2, 0.25) is 0 Å². The Morgan fingerprint density at radius 1 is 0.848 bits per heavy atom. The van der Waals surface area contributed by atoms with E-state index in [-0.39, 0.29) is 28.8 Å². The summed E-state index contributed by atoms with van der Waals surface area (Å²) in [5, 5.41) is 6.81. The standard InChI is InChI=1S/C34H36N4O7S/c1-25-9-16-30(17-10-25)46(41,42)38(31-21-29(43-2)15-18-32(31)44-3)23-33(39)37-36-22-27-11-13-28(14-12-27)45-24-34(40)35-20-19-26-7-5-4-6-8-26/h4-18,21-22H,19-20,23-24H2,1-3H3,(H,35,40)(H,37,39)/b36-22-. The third-order valence-electron chi connectivity index (χ3n) is 6.78. The predicted octanol–water partition coefficient (Wildman–Crippen LogP) is 4.10. The van der Waals surface area contributed by atoms with Gasteiger partial charge in [-0.1, -0.05) is 48.0 Å². The quantitative estimate of drug-likeness (QED) is 0.147. The van der Waals surface area contributed by atoms with Gasteiger partial charge in [-0.2, -0.15) is 5.10 Å². The van der Waals surface area contributed by atoms with Gasteiger partial charge in [0.1, 0.15) is 23.8 Å². The van der Waals surface area contributed by atoms with Crippen LogP contribution in [0.25, 0.3) is 0 Å². The minimum Gasteiger partial charge on any atom is -0.497 e. The third-order valence-corrected chi connectivity index (χ3v) is 8.56. The van der Waals surface area contributed by atoms with Gasteiger partial charge in [-0.15, -0.1) is 0 Å². The molecule has 0 saturated carbocycles. The van der Waals surface area contributed by atoms with Gasteiger partial charge < -0.3 is 19.5 Å². The number of hydrazone groups is 1. The van der Waals surface area contributed by atoms with Crippen molar-refractivity contribution >= 4 is 33.7 Å². The average Bonchev–Trinajstić information content (AvgIpc) is 3.07. The van der Waals surface area contributed by atoms with Crippen molar-refractivity contribution in [2.24, 2.45) is 5.10 Å². The van der Waals surface area contributed by atoms with Crippen LogP contribution in [0, 0.1) is 6.92 Å². The third kappa shape index (κ3) is 9.32. The highest BCUT2D eigenvalue weighted by atomic mass is 32.2. The minimum atomic E-state index is -4.19. The van der Waals surface area contributed by atoms with Crippen LogP contribution >= 0.6 is 0 Å². The lowest BCUT2D eigenvalue weighted by molar-refractivity contribution is -0.123. The van der Waals surface area contributed by atoms with E-state index in [1.165, 1.54) is 38.6 Å². The molecule has 240 valence electrons. The van der Waals surface area contributed by atoms with Crippen molar-refractivity contribution in [3.8, 4) is 17.2 Å². The minimum absolute atomic E-state index is 0.00579. The number of carbonyl (C=O) groups excluding carboxylic acids is 2. The number of ether oxygens (including phenoxy) is 3. The molecule has 4 rings (SSSR count). The van der Waals surface area contributed by atoms with E-state index in [2.05, 4.69) is 15.8 Å². The number of nitrogens with one attached hydrogen (secondary N) is 2. The Hall–Kier alpha value is -5.36. The maximum Gasteiger partial charge on any atom is 0.264 e. The second-order valence-electron chi connectivity index (χ2n) is 10.1. The fourth-order valence-corrected chi connectivity index (χ4v) is 5.74. The Balaban J connectivity index is 1.36. The van der Waals surface area contributed by atoms with Crippen molar-refractivity contribution in [1.29, 1.82) is 0 Å². The van der Waals surface area contributed by atoms with Crippen LogP contribution in [-0.2, 0) is 26.0 Å². The lowest BCUT2D eigenvalue weighted by Gasteiger charge is -2.25. The SMILES string of the molecule is COc1ccc(OC)c(N(CC(=O)N/N=C\c2ccc(OCC(=O)NCCc3ccccc3)cc2)S(=O)(=O)c2ccc(C)cc2)c1. The zero-order valence-electron chi connectivity index (χ0n) is 25.8. The first-order valence-corrected chi connectivity index (χ1v) is 15.8. The normalized spacial score (nSPS) is 11.1. The Labute approximate surface area is 268 Å². The summed E-state index contributed by atoms with van der Waals surface area (Å²) in [4.78, 5) is 25.1. The molecule has 0 radical (unpaired) electrons. The Kier molecular flexibility index (Phi) is 11.7. The van der Waals surface area contributed by atoms with Crippen molar-refractivity contribution < 1.29 is 32.2 Å². The molecule has 0 heterocycles. The molecule has 46 heavy (non-hydrogen) atoms. The van der Waals surface area contributed by atoms with Crippen LogP contribution in [0.3, 0.4) is 0 Å². The van der Waals surface area contributed by atoms with Crippen LogP contribution in [0.4, 0.5) is 5.69 Å². The zero-order valence-corrected chi connectivity index (χ0v) is 26.6. The topological polar surface area (TPSA) is 136 Å². The molecule has 0 aliphatic carbocycles. The number of hydrogen-bond acceptors (Lipinski definition) is 8. The van der Waals surface area contributed by atoms with Gasteiger partial charge in [-0.3, -0.25) is 13.9 Å². The molecule has 0 fully saturated rings. The molecule has 0 aromatic heterocycles. The van der Waals surface area contributed by atoms with Crippen LogP contribution in [0.15, 0.2) is 107 Å². The van der Waals surface area contributed by atoms with E-state index in [1.807, 2.05) is 37.3 Å². The molecule has 0 bridgehead atoms.